The molecule has 84 valence electrons. The van der Waals surface area contributed by atoms with Crippen molar-refractivity contribution in [2.75, 3.05) is 6.54 Å². The summed E-state index contributed by atoms with van der Waals surface area (Å²) in [6.45, 7) is 7.93. The van der Waals surface area contributed by atoms with Crippen LogP contribution in [-0.4, -0.2) is 18.2 Å². The van der Waals surface area contributed by atoms with Gasteiger partial charge in [0.15, 0.2) is 5.78 Å². The average Bonchev–Trinajstić information content (AvgIpc) is 2.39. The molecule has 0 saturated carbocycles. The van der Waals surface area contributed by atoms with Gasteiger partial charge in [0.25, 0.3) is 0 Å². The maximum Gasteiger partial charge on any atom is 0.234 e. The predicted molar refractivity (Wildman–Crippen MR) is 59.3 cm³/mol. The standard InChI is InChI=1S/C12H19NO2/c1-4-9-7-6-8-13-11(15)12(9,3)10(14)5-2/h5,9H,2,4,6-8H2,1,3H3,(H,13,15). The molecule has 1 saturated heterocycles. The van der Waals surface area contributed by atoms with Crippen LogP contribution in [-0.2, 0) is 9.59 Å². The molecule has 0 bridgehead atoms. The Morgan fingerprint density at radius 1 is 1.73 bits per heavy atom. The molecule has 1 aliphatic rings. The molecular formula is C12H19NO2. The SMILES string of the molecule is C=CC(=O)C1(C)C(=O)NCCCC1CC. The highest BCUT2D eigenvalue weighted by Gasteiger charge is 2.46. The topological polar surface area (TPSA) is 46.2 Å². The molecule has 15 heavy (non-hydrogen) atoms. The molecule has 0 aromatic carbocycles. The first kappa shape index (κ1) is 12.0. The van der Waals surface area contributed by atoms with Gasteiger partial charge in [-0.15, -0.1) is 0 Å². The van der Waals surface area contributed by atoms with E-state index in [1.54, 1.807) is 6.92 Å². The fourth-order valence-corrected chi connectivity index (χ4v) is 2.35. The van der Waals surface area contributed by atoms with Crippen LogP contribution in [0.4, 0.5) is 0 Å². The summed E-state index contributed by atoms with van der Waals surface area (Å²) in [7, 11) is 0. The molecule has 0 radical (unpaired) electrons. The summed E-state index contributed by atoms with van der Waals surface area (Å²) in [6, 6.07) is 0. The van der Waals surface area contributed by atoms with Gasteiger partial charge in [0.05, 0.1) is 0 Å². The summed E-state index contributed by atoms with van der Waals surface area (Å²) in [5.74, 6) is -0.170. The summed E-state index contributed by atoms with van der Waals surface area (Å²) >= 11 is 0. The lowest BCUT2D eigenvalue weighted by molar-refractivity contribution is -0.141. The zero-order chi connectivity index (χ0) is 11.5. The van der Waals surface area contributed by atoms with Crippen molar-refractivity contribution in [3.63, 3.8) is 0 Å². The monoisotopic (exact) mass is 209 g/mol. The number of amides is 1. The summed E-state index contributed by atoms with van der Waals surface area (Å²) in [5.41, 5.74) is -0.910. The zero-order valence-electron chi connectivity index (χ0n) is 9.51. The van der Waals surface area contributed by atoms with Crippen molar-refractivity contribution in [3.8, 4) is 0 Å². The van der Waals surface area contributed by atoms with Crippen LogP contribution in [0.3, 0.4) is 0 Å². The van der Waals surface area contributed by atoms with Crippen LogP contribution in [0.25, 0.3) is 0 Å². The first-order valence-electron chi connectivity index (χ1n) is 5.52. The van der Waals surface area contributed by atoms with Gasteiger partial charge in [0, 0.05) is 6.54 Å². The maximum absolute atomic E-state index is 11.9. The number of rotatable bonds is 3. The zero-order valence-corrected chi connectivity index (χ0v) is 9.51. The molecule has 1 amide bonds. The van der Waals surface area contributed by atoms with E-state index in [0.717, 1.165) is 19.3 Å². The van der Waals surface area contributed by atoms with Crippen LogP contribution < -0.4 is 5.32 Å². The van der Waals surface area contributed by atoms with E-state index < -0.39 is 5.41 Å². The van der Waals surface area contributed by atoms with E-state index >= 15 is 0 Å². The molecular weight excluding hydrogens is 190 g/mol. The third-order valence-electron chi connectivity index (χ3n) is 3.49. The van der Waals surface area contributed by atoms with Crippen LogP contribution >= 0.6 is 0 Å². The number of allylic oxidation sites excluding steroid dienone is 1. The van der Waals surface area contributed by atoms with Gasteiger partial charge in [-0.25, -0.2) is 0 Å². The van der Waals surface area contributed by atoms with E-state index in [4.69, 9.17) is 0 Å². The smallest absolute Gasteiger partial charge is 0.234 e. The Morgan fingerprint density at radius 3 is 2.93 bits per heavy atom. The summed E-state index contributed by atoms with van der Waals surface area (Å²) in [6.07, 6.45) is 3.99. The number of nitrogens with one attached hydrogen (secondary N) is 1. The summed E-state index contributed by atoms with van der Waals surface area (Å²) in [5, 5.41) is 2.81. The van der Waals surface area contributed by atoms with Gasteiger partial charge in [0.2, 0.25) is 5.91 Å². The van der Waals surface area contributed by atoms with Crippen molar-refractivity contribution in [1.82, 2.24) is 5.32 Å². The van der Waals surface area contributed by atoms with Crippen LogP contribution in [0.2, 0.25) is 0 Å². The van der Waals surface area contributed by atoms with Gasteiger partial charge in [-0.1, -0.05) is 19.9 Å². The van der Waals surface area contributed by atoms with Gasteiger partial charge in [-0.2, -0.15) is 0 Å². The lowest BCUT2D eigenvalue weighted by Gasteiger charge is -2.31. The minimum Gasteiger partial charge on any atom is -0.355 e. The van der Waals surface area contributed by atoms with Gasteiger partial charge >= 0.3 is 0 Å². The van der Waals surface area contributed by atoms with Gasteiger partial charge in [0.1, 0.15) is 5.41 Å². The van der Waals surface area contributed by atoms with Crippen molar-refractivity contribution in [1.29, 1.82) is 0 Å². The summed E-state index contributed by atoms with van der Waals surface area (Å²) in [4.78, 5) is 23.8. The lowest BCUT2D eigenvalue weighted by Crippen LogP contribution is -2.46. The number of carbonyl (C=O) groups excluding carboxylic acids is 2. The molecule has 0 aliphatic carbocycles. The largest absolute Gasteiger partial charge is 0.355 e. The Balaban J connectivity index is 3.08. The molecule has 1 aliphatic heterocycles. The third-order valence-corrected chi connectivity index (χ3v) is 3.49. The Kier molecular flexibility index (Phi) is 3.66. The van der Waals surface area contributed by atoms with E-state index in [2.05, 4.69) is 11.9 Å². The third kappa shape index (κ3) is 1.96. The van der Waals surface area contributed by atoms with Gasteiger partial charge in [-0.05, 0) is 31.8 Å². The van der Waals surface area contributed by atoms with E-state index in [-0.39, 0.29) is 17.6 Å². The predicted octanol–water partition coefficient (Wildman–Crippen LogP) is 1.68. The van der Waals surface area contributed by atoms with Crippen LogP contribution in [0.15, 0.2) is 12.7 Å². The number of carbonyl (C=O) groups is 2. The van der Waals surface area contributed by atoms with Crippen LogP contribution in [0.1, 0.15) is 33.1 Å². The number of hydrogen-bond donors (Lipinski definition) is 1. The Bertz CT molecular complexity index is 285. The molecule has 0 spiro atoms. The Morgan fingerprint density at radius 2 is 2.40 bits per heavy atom. The van der Waals surface area contributed by atoms with Crippen LogP contribution in [0, 0.1) is 11.3 Å². The first-order chi connectivity index (χ1) is 7.07. The van der Waals surface area contributed by atoms with E-state index in [1.165, 1.54) is 6.08 Å². The molecule has 0 aromatic heterocycles. The minimum atomic E-state index is -0.910. The van der Waals surface area contributed by atoms with Crippen molar-refractivity contribution in [2.24, 2.45) is 11.3 Å². The molecule has 1 N–H and O–H groups in total. The first-order valence-corrected chi connectivity index (χ1v) is 5.52. The normalized spacial score (nSPS) is 31.6. The fraction of sp³-hybridized carbons (Fsp3) is 0.667. The summed E-state index contributed by atoms with van der Waals surface area (Å²) < 4.78 is 0. The van der Waals surface area contributed by atoms with Crippen molar-refractivity contribution in [3.05, 3.63) is 12.7 Å². The second kappa shape index (κ2) is 4.60. The van der Waals surface area contributed by atoms with Gasteiger partial charge in [-0.3, -0.25) is 9.59 Å². The lowest BCUT2D eigenvalue weighted by atomic mass is 9.70. The molecule has 0 aromatic rings. The second-order valence-corrected chi connectivity index (χ2v) is 4.27. The second-order valence-electron chi connectivity index (χ2n) is 4.27. The number of ketones is 1. The highest BCUT2D eigenvalue weighted by atomic mass is 16.2. The maximum atomic E-state index is 11.9. The van der Waals surface area contributed by atoms with Crippen LogP contribution in [0.5, 0.6) is 0 Å². The number of hydrogen-bond acceptors (Lipinski definition) is 2. The van der Waals surface area contributed by atoms with E-state index in [1.807, 2.05) is 6.92 Å². The van der Waals surface area contributed by atoms with E-state index in [0.29, 0.717) is 6.54 Å². The molecule has 1 rings (SSSR count). The molecule has 2 atom stereocenters. The van der Waals surface area contributed by atoms with Gasteiger partial charge < -0.3 is 5.32 Å². The minimum absolute atomic E-state index is 0.130. The van der Waals surface area contributed by atoms with E-state index in [9.17, 15) is 9.59 Å². The van der Waals surface area contributed by atoms with Crippen molar-refractivity contribution in [2.45, 2.75) is 33.1 Å². The molecule has 1 fully saturated rings. The Labute approximate surface area is 90.9 Å². The molecule has 2 unspecified atom stereocenters. The molecule has 3 nitrogen and oxygen atoms in total. The van der Waals surface area contributed by atoms with Crippen molar-refractivity contribution < 1.29 is 9.59 Å². The molecule has 1 heterocycles. The van der Waals surface area contributed by atoms with Crippen molar-refractivity contribution >= 4 is 11.7 Å². The fourth-order valence-electron chi connectivity index (χ4n) is 2.35. The Hall–Kier alpha value is -1.12. The average molecular weight is 209 g/mol. The molecule has 3 heteroatoms. The quantitative estimate of drug-likeness (QED) is 0.568. The highest BCUT2D eigenvalue weighted by molar-refractivity contribution is 6.10. The highest BCUT2D eigenvalue weighted by Crippen LogP contribution is 2.36.